The van der Waals surface area contributed by atoms with Crippen molar-refractivity contribution in [1.82, 2.24) is 31.2 Å². The summed E-state index contributed by atoms with van der Waals surface area (Å²) in [4.78, 5) is 85.7. The van der Waals surface area contributed by atoms with Crippen molar-refractivity contribution >= 4 is 46.4 Å². The van der Waals surface area contributed by atoms with Crippen LogP contribution in [0.4, 0.5) is 0 Å². The largest absolute Gasteiger partial charge is 0.481 e. The van der Waals surface area contributed by atoms with Gasteiger partial charge in [0.1, 0.15) is 30.2 Å². The van der Waals surface area contributed by atoms with Gasteiger partial charge in [0.2, 0.25) is 29.5 Å². The SMILES string of the molecule is CC(C)C[C@@H]1NC(=O)[C@@H](C2=CCC=CC2)NC(=O)[C@@H]2CCCN2C(=O)[C@@H](CC(=O)O)NC(=O)[C@@H](Cc2c[nH]c3ccccc23)NC1=O. The van der Waals surface area contributed by atoms with Gasteiger partial charge in [-0.25, -0.2) is 0 Å². The number of rotatable bonds is 7. The number of carboxylic acid groups (broad SMARTS) is 1. The van der Waals surface area contributed by atoms with Gasteiger partial charge in [-0.3, -0.25) is 28.8 Å². The maximum Gasteiger partial charge on any atom is 0.305 e. The molecule has 1 aromatic carbocycles. The van der Waals surface area contributed by atoms with Crippen LogP contribution in [-0.4, -0.2) is 87.2 Å². The van der Waals surface area contributed by atoms with E-state index in [1.54, 1.807) is 6.20 Å². The zero-order valence-electron chi connectivity index (χ0n) is 26.6. The molecule has 1 aliphatic carbocycles. The Labute approximate surface area is 272 Å². The number of para-hydroxylation sites is 1. The summed E-state index contributed by atoms with van der Waals surface area (Å²) in [5, 5.41) is 21.6. The smallest absolute Gasteiger partial charge is 0.305 e. The lowest BCUT2D eigenvalue weighted by atomic mass is 9.96. The predicted molar refractivity (Wildman–Crippen MR) is 173 cm³/mol. The average Bonchev–Trinajstić information content (AvgIpc) is 3.69. The van der Waals surface area contributed by atoms with Crippen molar-refractivity contribution in [1.29, 1.82) is 0 Å². The van der Waals surface area contributed by atoms with Crippen LogP contribution in [-0.2, 0) is 35.2 Å². The molecule has 13 nitrogen and oxygen atoms in total. The number of aliphatic carboxylic acids is 1. The monoisotopic (exact) mass is 646 g/mol. The van der Waals surface area contributed by atoms with Crippen molar-refractivity contribution in [2.24, 2.45) is 5.92 Å². The highest BCUT2D eigenvalue weighted by Gasteiger charge is 2.41. The van der Waals surface area contributed by atoms with Gasteiger partial charge in [0.25, 0.3) is 0 Å². The Morgan fingerprint density at radius 2 is 1.64 bits per heavy atom. The molecule has 2 aliphatic heterocycles. The number of benzene rings is 1. The van der Waals surface area contributed by atoms with Crippen molar-refractivity contribution in [2.45, 2.75) is 89.0 Å². The molecule has 2 fully saturated rings. The van der Waals surface area contributed by atoms with Gasteiger partial charge < -0.3 is 36.3 Å². The highest BCUT2D eigenvalue weighted by molar-refractivity contribution is 6.00. The molecule has 250 valence electrons. The second kappa shape index (κ2) is 14.7. The number of amides is 5. The highest BCUT2D eigenvalue weighted by atomic mass is 16.4. The van der Waals surface area contributed by atoms with E-state index in [-0.39, 0.29) is 25.3 Å². The summed E-state index contributed by atoms with van der Waals surface area (Å²) >= 11 is 0. The third-order valence-electron chi connectivity index (χ3n) is 8.86. The fourth-order valence-electron chi connectivity index (χ4n) is 6.53. The molecule has 3 aliphatic rings. The number of nitrogens with zero attached hydrogens (tertiary/aromatic N) is 1. The fraction of sp³-hybridized carbons (Fsp3) is 0.471. The lowest BCUT2D eigenvalue weighted by Gasteiger charge is -2.30. The Kier molecular flexibility index (Phi) is 10.4. The standard InChI is InChI=1S/C34H42N6O7/c1-19(2)15-24-30(43)36-25(16-21-18-35-23-12-7-6-11-22(21)23)31(44)38-26(17-28(41)42)34(47)40-14-8-13-27(40)32(45)39-29(33(46)37-24)20-9-4-3-5-10-20/h3-4,6-7,10-12,18-19,24-27,29,35H,5,8-9,13-17H2,1-2H3,(H,36,43)(H,37,46)(H,38,44)(H,39,45)(H,41,42)/t24-,25+,26+,27-,29+/m0/s1. The summed E-state index contributed by atoms with van der Waals surface area (Å²) in [6.07, 6.45) is 8.75. The molecule has 13 heteroatoms. The Balaban J connectivity index is 1.55. The van der Waals surface area contributed by atoms with Crippen LogP contribution in [0.15, 0.2) is 54.3 Å². The second-order valence-corrected chi connectivity index (χ2v) is 12.8. The van der Waals surface area contributed by atoms with Gasteiger partial charge in [-0.15, -0.1) is 0 Å². The van der Waals surface area contributed by atoms with E-state index in [1.165, 1.54) is 4.90 Å². The molecule has 0 unspecified atom stereocenters. The molecule has 5 amide bonds. The van der Waals surface area contributed by atoms with Gasteiger partial charge in [-0.2, -0.15) is 0 Å². The number of H-pyrrole nitrogens is 1. The quantitative estimate of drug-likeness (QED) is 0.245. The van der Waals surface area contributed by atoms with Crippen LogP contribution in [0.2, 0.25) is 0 Å². The number of hydrogen-bond donors (Lipinski definition) is 6. The van der Waals surface area contributed by atoms with Crippen LogP contribution in [0.25, 0.3) is 10.9 Å². The van der Waals surface area contributed by atoms with E-state index >= 15 is 0 Å². The van der Waals surface area contributed by atoms with Gasteiger partial charge in [0.15, 0.2) is 0 Å². The Morgan fingerprint density at radius 1 is 0.915 bits per heavy atom. The minimum absolute atomic E-state index is 0.0200. The molecule has 2 saturated heterocycles. The number of aromatic nitrogens is 1. The fourth-order valence-corrected chi connectivity index (χ4v) is 6.53. The third-order valence-corrected chi connectivity index (χ3v) is 8.86. The Hall–Kier alpha value is -4.94. The van der Waals surface area contributed by atoms with E-state index in [1.807, 2.05) is 56.3 Å². The van der Waals surface area contributed by atoms with E-state index in [2.05, 4.69) is 26.3 Å². The van der Waals surface area contributed by atoms with Gasteiger partial charge in [-0.05, 0) is 55.2 Å². The molecule has 5 rings (SSSR count). The number of carboxylic acids is 1. The first kappa shape index (κ1) is 33.4. The second-order valence-electron chi connectivity index (χ2n) is 12.8. The Bertz CT molecular complexity index is 1610. The van der Waals surface area contributed by atoms with Crippen LogP contribution < -0.4 is 21.3 Å². The van der Waals surface area contributed by atoms with E-state index in [0.29, 0.717) is 31.3 Å². The molecule has 1 aromatic heterocycles. The molecule has 0 spiro atoms. The molecule has 47 heavy (non-hydrogen) atoms. The van der Waals surface area contributed by atoms with Crippen molar-refractivity contribution in [2.75, 3.05) is 6.54 Å². The van der Waals surface area contributed by atoms with E-state index < -0.39 is 72.1 Å². The normalized spacial score (nSPS) is 26.1. The first-order valence-corrected chi connectivity index (χ1v) is 16.1. The summed E-state index contributed by atoms with van der Waals surface area (Å²) in [6, 6.07) is 1.62. The van der Waals surface area contributed by atoms with Crippen molar-refractivity contribution in [3.63, 3.8) is 0 Å². The van der Waals surface area contributed by atoms with Gasteiger partial charge in [0.05, 0.1) is 6.42 Å². The first-order chi connectivity index (χ1) is 22.5. The first-order valence-electron chi connectivity index (χ1n) is 16.1. The van der Waals surface area contributed by atoms with Crippen LogP contribution in [0.5, 0.6) is 0 Å². The van der Waals surface area contributed by atoms with E-state index in [9.17, 15) is 33.9 Å². The molecule has 0 bridgehead atoms. The molecule has 5 atom stereocenters. The Morgan fingerprint density at radius 3 is 2.36 bits per heavy atom. The number of aromatic amines is 1. The number of allylic oxidation sites excluding steroid dienone is 3. The van der Waals surface area contributed by atoms with Gasteiger partial charge in [-0.1, -0.05) is 50.3 Å². The minimum Gasteiger partial charge on any atom is -0.481 e. The summed E-state index contributed by atoms with van der Waals surface area (Å²) in [6.45, 7) is 3.97. The van der Waals surface area contributed by atoms with E-state index in [0.717, 1.165) is 16.5 Å². The third kappa shape index (κ3) is 7.90. The lowest BCUT2D eigenvalue weighted by molar-refractivity contribution is -0.146. The van der Waals surface area contributed by atoms with Crippen molar-refractivity contribution in [3.05, 3.63) is 59.8 Å². The summed E-state index contributed by atoms with van der Waals surface area (Å²) in [5.41, 5.74) is 2.20. The lowest BCUT2D eigenvalue weighted by Crippen LogP contribution is -2.58. The summed E-state index contributed by atoms with van der Waals surface area (Å²) < 4.78 is 0. The number of hydrogen-bond acceptors (Lipinski definition) is 6. The van der Waals surface area contributed by atoms with Crippen molar-refractivity contribution < 1.29 is 33.9 Å². The maximum absolute atomic E-state index is 13.9. The van der Waals surface area contributed by atoms with Gasteiger partial charge in [0, 0.05) is 30.1 Å². The van der Waals surface area contributed by atoms with Crippen LogP contribution in [0.3, 0.4) is 0 Å². The molecule has 2 aromatic rings. The van der Waals surface area contributed by atoms with Crippen LogP contribution >= 0.6 is 0 Å². The minimum atomic E-state index is -1.49. The predicted octanol–water partition coefficient (Wildman–Crippen LogP) is 1.45. The molecule has 0 radical (unpaired) electrons. The molecule has 3 heterocycles. The van der Waals surface area contributed by atoms with E-state index in [4.69, 9.17) is 0 Å². The number of carbonyl (C=O) groups excluding carboxylic acids is 5. The number of carbonyl (C=O) groups is 6. The summed E-state index contributed by atoms with van der Waals surface area (Å²) in [5.74, 6) is -4.58. The number of fused-ring (bicyclic) bond motifs is 2. The zero-order chi connectivity index (χ0) is 33.7. The zero-order valence-corrected chi connectivity index (χ0v) is 26.6. The topological polar surface area (TPSA) is 190 Å². The average molecular weight is 647 g/mol. The van der Waals surface area contributed by atoms with Crippen LogP contribution in [0, 0.1) is 5.92 Å². The van der Waals surface area contributed by atoms with Gasteiger partial charge >= 0.3 is 5.97 Å². The molecular weight excluding hydrogens is 604 g/mol. The van der Waals surface area contributed by atoms with Crippen LogP contribution in [0.1, 0.15) is 57.9 Å². The summed E-state index contributed by atoms with van der Waals surface area (Å²) in [7, 11) is 0. The maximum atomic E-state index is 13.9. The molecule has 6 N–H and O–H groups in total. The van der Waals surface area contributed by atoms with Crippen molar-refractivity contribution in [3.8, 4) is 0 Å². The highest BCUT2D eigenvalue weighted by Crippen LogP contribution is 2.23. The molecule has 0 saturated carbocycles. The molecular formula is C34H42N6O7. The number of nitrogens with one attached hydrogen (secondary N) is 5.